The fraction of sp³-hybridized carbons (Fsp3) is 0.0870. The molecular formula is C23H19Cl2N3O3. The molecule has 0 fully saturated rings. The average molecular weight is 456 g/mol. The number of carbonyl (C=O) groups is 2. The van der Waals surface area contributed by atoms with Crippen LogP contribution in [0.25, 0.3) is 0 Å². The van der Waals surface area contributed by atoms with E-state index < -0.39 is 0 Å². The predicted molar refractivity (Wildman–Crippen MR) is 123 cm³/mol. The monoisotopic (exact) mass is 455 g/mol. The molecule has 0 bridgehead atoms. The van der Waals surface area contributed by atoms with Crippen LogP contribution < -0.4 is 15.5 Å². The largest absolute Gasteiger partial charge is 0.484 e. The van der Waals surface area contributed by atoms with Gasteiger partial charge in [-0.25, -0.2) is 5.43 Å². The Morgan fingerprint density at radius 1 is 0.839 bits per heavy atom. The van der Waals surface area contributed by atoms with Crippen LogP contribution in [0, 0.1) is 0 Å². The summed E-state index contributed by atoms with van der Waals surface area (Å²) in [6, 6.07) is 20.5. The Balaban J connectivity index is 1.51. The molecule has 2 N–H and O–H groups in total. The molecule has 3 aromatic rings. The topological polar surface area (TPSA) is 79.8 Å². The van der Waals surface area contributed by atoms with Crippen LogP contribution in [0.2, 0.25) is 10.0 Å². The number of hydrogen-bond donors (Lipinski definition) is 2. The first kappa shape index (κ1) is 22.3. The third-order valence-electron chi connectivity index (χ3n) is 4.20. The van der Waals surface area contributed by atoms with Gasteiger partial charge in [-0.2, -0.15) is 5.10 Å². The third kappa shape index (κ3) is 6.84. The Kier molecular flexibility index (Phi) is 7.65. The van der Waals surface area contributed by atoms with Crippen molar-refractivity contribution >= 4 is 46.4 Å². The molecule has 0 heterocycles. The molecule has 31 heavy (non-hydrogen) atoms. The Labute approximate surface area is 189 Å². The van der Waals surface area contributed by atoms with E-state index >= 15 is 0 Å². The summed E-state index contributed by atoms with van der Waals surface area (Å²) in [5, 5.41) is 8.06. The molecule has 158 valence electrons. The predicted octanol–water partition coefficient (Wildman–Crippen LogP) is 5.16. The van der Waals surface area contributed by atoms with Crippen LogP contribution in [0.15, 0.2) is 77.9 Å². The van der Waals surface area contributed by atoms with E-state index in [1.165, 1.54) is 0 Å². The first-order chi connectivity index (χ1) is 14.9. The molecule has 6 nitrogen and oxygen atoms in total. The molecule has 3 rings (SSSR count). The van der Waals surface area contributed by atoms with Crippen LogP contribution >= 0.6 is 23.2 Å². The van der Waals surface area contributed by atoms with E-state index in [1.54, 1.807) is 79.7 Å². The van der Waals surface area contributed by atoms with Gasteiger partial charge in [0.1, 0.15) is 5.75 Å². The van der Waals surface area contributed by atoms with Gasteiger partial charge in [-0.3, -0.25) is 9.59 Å². The number of hydrogen-bond acceptors (Lipinski definition) is 4. The molecule has 0 spiro atoms. The smallest absolute Gasteiger partial charge is 0.277 e. The quantitative estimate of drug-likeness (QED) is 0.381. The van der Waals surface area contributed by atoms with Crippen LogP contribution in [0.3, 0.4) is 0 Å². The Morgan fingerprint density at radius 3 is 2.00 bits per heavy atom. The Bertz CT molecular complexity index is 1080. The molecule has 0 aliphatic heterocycles. The summed E-state index contributed by atoms with van der Waals surface area (Å²) in [6.45, 7) is 1.59. The van der Waals surface area contributed by atoms with E-state index in [0.29, 0.717) is 32.8 Å². The van der Waals surface area contributed by atoms with Crippen molar-refractivity contribution in [2.24, 2.45) is 5.10 Å². The lowest BCUT2D eigenvalue weighted by Gasteiger charge is -2.08. The van der Waals surface area contributed by atoms with Crippen molar-refractivity contribution in [2.75, 3.05) is 11.9 Å². The maximum Gasteiger partial charge on any atom is 0.277 e. The van der Waals surface area contributed by atoms with Gasteiger partial charge < -0.3 is 10.1 Å². The summed E-state index contributed by atoms with van der Waals surface area (Å²) in [6.07, 6.45) is 0. The zero-order chi connectivity index (χ0) is 22.2. The lowest BCUT2D eigenvalue weighted by molar-refractivity contribution is -0.123. The lowest BCUT2D eigenvalue weighted by atomic mass is 10.1. The fourth-order valence-corrected chi connectivity index (χ4v) is 2.77. The molecule has 0 aromatic heterocycles. The van der Waals surface area contributed by atoms with Crippen molar-refractivity contribution in [3.05, 3.63) is 94.0 Å². The van der Waals surface area contributed by atoms with Crippen molar-refractivity contribution in [1.82, 2.24) is 5.43 Å². The van der Waals surface area contributed by atoms with E-state index in [4.69, 9.17) is 27.9 Å². The van der Waals surface area contributed by atoms with Gasteiger partial charge in [0.05, 0.1) is 5.71 Å². The number of ether oxygens (including phenoxy) is 1. The van der Waals surface area contributed by atoms with Gasteiger partial charge in [-0.15, -0.1) is 0 Å². The second-order valence-electron chi connectivity index (χ2n) is 6.51. The van der Waals surface area contributed by atoms with Gasteiger partial charge in [0.2, 0.25) is 0 Å². The van der Waals surface area contributed by atoms with Crippen LogP contribution in [0.5, 0.6) is 5.75 Å². The molecule has 0 atom stereocenters. The van der Waals surface area contributed by atoms with Crippen molar-refractivity contribution in [1.29, 1.82) is 0 Å². The van der Waals surface area contributed by atoms with Gasteiger partial charge in [0.25, 0.3) is 11.8 Å². The highest BCUT2D eigenvalue weighted by molar-refractivity contribution is 6.31. The molecule has 0 saturated carbocycles. The highest BCUT2D eigenvalue weighted by atomic mass is 35.5. The molecule has 0 aliphatic rings. The van der Waals surface area contributed by atoms with E-state index in [9.17, 15) is 9.59 Å². The number of hydrazone groups is 1. The minimum absolute atomic E-state index is 0.173. The summed E-state index contributed by atoms with van der Waals surface area (Å²) in [4.78, 5) is 24.2. The number of amides is 2. The van der Waals surface area contributed by atoms with Gasteiger partial charge in [-0.05, 0) is 73.2 Å². The maximum absolute atomic E-state index is 12.3. The minimum Gasteiger partial charge on any atom is -0.484 e. The summed E-state index contributed by atoms with van der Waals surface area (Å²) < 4.78 is 5.37. The van der Waals surface area contributed by atoms with Crippen molar-refractivity contribution < 1.29 is 14.3 Å². The summed E-state index contributed by atoms with van der Waals surface area (Å²) in [5.74, 6) is -0.0830. The second kappa shape index (κ2) is 10.6. The number of rotatable bonds is 7. The molecule has 0 radical (unpaired) electrons. The number of benzene rings is 3. The van der Waals surface area contributed by atoms with E-state index in [1.807, 2.05) is 0 Å². The normalized spacial score (nSPS) is 11.0. The minimum atomic E-state index is -0.388. The number of anilines is 1. The first-order valence-corrected chi connectivity index (χ1v) is 10.0. The standard InChI is InChI=1S/C23H19Cl2N3O3/c1-15(27-28-22(29)14-31-21-12-8-19(25)9-13-21)16-4-10-20(11-5-16)26-23(30)17-2-6-18(24)7-3-17/h2-13H,14H2,1H3,(H,26,30)(H,28,29)/b27-15-. The Morgan fingerprint density at radius 2 is 1.39 bits per heavy atom. The molecule has 3 aromatic carbocycles. The second-order valence-corrected chi connectivity index (χ2v) is 7.39. The molecule has 0 saturated heterocycles. The molecule has 8 heteroatoms. The van der Waals surface area contributed by atoms with Crippen LogP contribution in [0.1, 0.15) is 22.8 Å². The molecule has 2 amide bonds. The molecular weight excluding hydrogens is 437 g/mol. The van der Waals surface area contributed by atoms with Gasteiger partial charge in [-0.1, -0.05) is 35.3 Å². The van der Waals surface area contributed by atoms with E-state index in [2.05, 4.69) is 15.8 Å². The molecule has 0 aliphatic carbocycles. The summed E-state index contributed by atoms with van der Waals surface area (Å²) in [5.41, 5.74) is 5.00. The number of halogens is 2. The van der Waals surface area contributed by atoms with Crippen molar-refractivity contribution in [3.63, 3.8) is 0 Å². The summed E-state index contributed by atoms with van der Waals surface area (Å²) in [7, 11) is 0. The van der Waals surface area contributed by atoms with Crippen molar-refractivity contribution in [2.45, 2.75) is 6.92 Å². The zero-order valence-electron chi connectivity index (χ0n) is 16.6. The Hall–Kier alpha value is -3.35. The van der Waals surface area contributed by atoms with Crippen LogP contribution in [-0.4, -0.2) is 24.1 Å². The van der Waals surface area contributed by atoms with Crippen LogP contribution in [0.4, 0.5) is 5.69 Å². The van der Waals surface area contributed by atoms with E-state index in [0.717, 1.165) is 5.56 Å². The average Bonchev–Trinajstić information content (AvgIpc) is 2.78. The number of carbonyl (C=O) groups excluding carboxylic acids is 2. The highest BCUT2D eigenvalue weighted by Crippen LogP contribution is 2.16. The summed E-state index contributed by atoms with van der Waals surface area (Å²) >= 11 is 11.6. The molecule has 0 unspecified atom stereocenters. The van der Waals surface area contributed by atoms with Gasteiger partial charge in [0.15, 0.2) is 6.61 Å². The third-order valence-corrected chi connectivity index (χ3v) is 4.70. The highest BCUT2D eigenvalue weighted by Gasteiger charge is 2.07. The van der Waals surface area contributed by atoms with Gasteiger partial charge >= 0.3 is 0 Å². The SMILES string of the molecule is C/C(=N/NC(=O)COc1ccc(Cl)cc1)c1ccc(NC(=O)c2ccc(Cl)cc2)cc1. The van der Waals surface area contributed by atoms with Gasteiger partial charge in [0, 0.05) is 21.3 Å². The zero-order valence-corrected chi connectivity index (χ0v) is 18.1. The van der Waals surface area contributed by atoms with E-state index in [-0.39, 0.29) is 18.4 Å². The first-order valence-electron chi connectivity index (χ1n) is 9.29. The maximum atomic E-state index is 12.3. The fourth-order valence-electron chi connectivity index (χ4n) is 2.52. The number of nitrogens with one attached hydrogen (secondary N) is 2. The van der Waals surface area contributed by atoms with Crippen LogP contribution in [-0.2, 0) is 4.79 Å². The number of nitrogens with zero attached hydrogens (tertiary/aromatic N) is 1. The lowest BCUT2D eigenvalue weighted by Crippen LogP contribution is -2.25. The van der Waals surface area contributed by atoms with Crippen molar-refractivity contribution in [3.8, 4) is 5.75 Å².